The molecule has 0 saturated heterocycles. The molecule has 0 radical (unpaired) electrons. The molecule has 1 aliphatic rings. The number of nitrogens with zero attached hydrogens (tertiary/aromatic N) is 4. The minimum atomic E-state index is -3.54. The first kappa shape index (κ1) is 13.8. The normalized spacial score (nSPS) is 15.0. The maximum Gasteiger partial charge on any atom is 0.242 e. The Hall–Kier alpha value is -2.13. The van der Waals surface area contributed by atoms with Crippen LogP contribution in [0.5, 0.6) is 0 Å². The highest BCUT2D eigenvalue weighted by Gasteiger charge is 2.20. The van der Waals surface area contributed by atoms with E-state index in [1.54, 1.807) is 18.5 Å². The van der Waals surface area contributed by atoms with E-state index in [-0.39, 0.29) is 10.6 Å². The molecule has 8 nitrogen and oxygen atoms in total. The molecule has 0 saturated carbocycles. The number of nitrogen functional groups attached to an aromatic ring is 1. The molecule has 0 atom stereocenters. The average Bonchev–Trinajstić information content (AvgIpc) is 2.94. The molecule has 0 bridgehead atoms. The Labute approximate surface area is 122 Å². The van der Waals surface area contributed by atoms with Gasteiger partial charge in [-0.1, -0.05) is 0 Å². The number of benzene rings is 1. The largest absolute Gasteiger partial charge is 0.398 e. The SMILES string of the molecule is CNS(=O)(=O)c1ccc(N2CCn3cnnc3C2)cc1N. The van der Waals surface area contributed by atoms with E-state index in [1.807, 2.05) is 4.57 Å². The van der Waals surface area contributed by atoms with Crippen LogP contribution in [-0.4, -0.2) is 36.8 Å². The zero-order valence-corrected chi connectivity index (χ0v) is 12.3. The molecule has 3 N–H and O–H groups in total. The van der Waals surface area contributed by atoms with Crippen LogP contribution in [0.4, 0.5) is 11.4 Å². The molecule has 1 aromatic carbocycles. The number of nitrogens with one attached hydrogen (secondary N) is 1. The Morgan fingerprint density at radius 1 is 1.33 bits per heavy atom. The first-order chi connectivity index (χ1) is 10.0. The van der Waals surface area contributed by atoms with E-state index in [2.05, 4.69) is 19.8 Å². The second kappa shape index (κ2) is 5.01. The van der Waals surface area contributed by atoms with Crippen LogP contribution in [0.1, 0.15) is 5.82 Å². The molecular formula is C12H16N6O2S. The number of nitrogens with two attached hydrogens (primary N) is 1. The molecule has 2 aromatic rings. The van der Waals surface area contributed by atoms with E-state index >= 15 is 0 Å². The standard InChI is InChI=1S/C12H16N6O2S/c1-14-21(19,20)11-3-2-9(6-10(11)13)17-4-5-18-8-15-16-12(18)7-17/h2-3,6,8,14H,4-5,7,13H2,1H3. The van der Waals surface area contributed by atoms with Gasteiger partial charge < -0.3 is 15.2 Å². The van der Waals surface area contributed by atoms with Crippen LogP contribution in [0.25, 0.3) is 0 Å². The highest BCUT2D eigenvalue weighted by molar-refractivity contribution is 7.89. The third-order valence-corrected chi connectivity index (χ3v) is 5.04. The van der Waals surface area contributed by atoms with Crippen LogP contribution in [0.3, 0.4) is 0 Å². The Morgan fingerprint density at radius 3 is 2.86 bits per heavy atom. The summed E-state index contributed by atoms with van der Waals surface area (Å²) in [4.78, 5) is 2.18. The van der Waals surface area contributed by atoms with Gasteiger partial charge in [0.05, 0.1) is 12.2 Å². The van der Waals surface area contributed by atoms with Crippen LogP contribution in [0, 0.1) is 0 Å². The van der Waals surface area contributed by atoms with E-state index in [0.717, 1.165) is 24.6 Å². The number of rotatable bonds is 3. The van der Waals surface area contributed by atoms with Gasteiger partial charge in [0.15, 0.2) is 5.82 Å². The number of fused-ring (bicyclic) bond motifs is 1. The molecule has 0 spiro atoms. The van der Waals surface area contributed by atoms with Crippen LogP contribution in [0.15, 0.2) is 29.4 Å². The summed E-state index contributed by atoms with van der Waals surface area (Å²) in [6.45, 7) is 2.21. The summed E-state index contributed by atoms with van der Waals surface area (Å²) >= 11 is 0. The van der Waals surface area contributed by atoms with Crippen molar-refractivity contribution in [1.29, 1.82) is 0 Å². The predicted molar refractivity (Wildman–Crippen MR) is 78.2 cm³/mol. The second-order valence-corrected chi connectivity index (χ2v) is 6.65. The topological polar surface area (TPSA) is 106 Å². The number of hydrogen-bond acceptors (Lipinski definition) is 6. The number of sulfonamides is 1. The summed E-state index contributed by atoms with van der Waals surface area (Å²) in [7, 11) is -2.17. The number of anilines is 2. The van der Waals surface area contributed by atoms with Gasteiger partial charge in [0, 0.05) is 18.8 Å². The third-order valence-electron chi connectivity index (χ3n) is 3.56. The first-order valence-corrected chi connectivity index (χ1v) is 7.94. The van der Waals surface area contributed by atoms with Gasteiger partial charge in [0.2, 0.25) is 10.0 Å². The van der Waals surface area contributed by atoms with E-state index < -0.39 is 10.0 Å². The maximum atomic E-state index is 11.8. The number of hydrogen-bond donors (Lipinski definition) is 2. The fraction of sp³-hybridized carbons (Fsp3) is 0.333. The Balaban J connectivity index is 1.90. The van der Waals surface area contributed by atoms with Gasteiger partial charge in [-0.3, -0.25) is 0 Å². The third kappa shape index (κ3) is 2.45. The lowest BCUT2D eigenvalue weighted by atomic mass is 10.2. The van der Waals surface area contributed by atoms with Crippen LogP contribution < -0.4 is 15.4 Å². The molecule has 21 heavy (non-hydrogen) atoms. The summed E-state index contributed by atoms with van der Waals surface area (Å²) in [6.07, 6.45) is 1.71. The van der Waals surface area contributed by atoms with Gasteiger partial charge >= 0.3 is 0 Å². The highest BCUT2D eigenvalue weighted by atomic mass is 32.2. The Bertz CT molecular complexity index is 770. The molecule has 0 fully saturated rings. The van der Waals surface area contributed by atoms with Gasteiger partial charge in [-0.05, 0) is 25.2 Å². The lowest BCUT2D eigenvalue weighted by Gasteiger charge is -2.29. The van der Waals surface area contributed by atoms with Crippen molar-refractivity contribution >= 4 is 21.4 Å². The monoisotopic (exact) mass is 308 g/mol. The highest BCUT2D eigenvalue weighted by Crippen LogP contribution is 2.26. The van der Waals surface area contributed by atoms with Gasteiger partial charge in [-0.25, -0.2) is 13.1 Å². The summed E-state index contributed by atoms with van der Waals surface area (Å²) in [5.74, 6) is 0.881. The molecule has 0 unspecified atom stereocenters. The van der Waals surface area contributed by atoms with Crippen molar-refractivity contribution in [3.05, 3.63) is 30.4 Å². The van der Waals surface area contributed by atoms with Crippen molar-refractivity contribution in [2.24, 2.45) is 0 Å². The summed E-state index contributed by atoms with van der Waals surface area (Å²) in [5, 5.41) is 7.94. The molecule has 1 aromatic heterocycles. The zero-order valence-electron chi connectivity index (χ0n) is 11.5. The van der Waals surface area contributed by atoms with Crippen LogP contribution in [-0.2, 0) is 23.1 Å². The van der Waals surface area contributed by atoms with Crippen molar-refractivity contribution in [2.75, 3.05) is 24.2 Å². The quantitative estimate of drug-likeness (QED) is 0.760. The van der Waals surface area contributed by atoms with Gasteiger partial charge in [-0.15, -0.1) is 10.2 Å². The fourth-order valence-electron chi connectivity index (χ4n) is 2.37. The van der Waals surface area contributed by atoms with E-state index in [1.165, 1.54) is 13.1 Å². The number of aromatic nitrogens is 3. The van der Waals surface area contributed by atoms with Crippen LogP contribution >= 0.6 is 0 Å². The molecule has 9 heteroatoms. The van der Waals surface area contributed by atoms with Crippen molar-refractivity contribution in [3.8, 4) is 0 Å². The maximum absolute atomic E-state index is 11.8. The molecule has 0 amide bonds. The van der Waals surface area contributed by atoms with Crippen LogP contribution in [0.2, 0.25) is 0 Å². The smallest absolute Gasteiger partial charge is 0.242 e. The predicted octanol–water partition coefficient (Wildman–Crippen LogP) is -0.211. The van der Waals surface area contributed by atoms with E-state index in [0.29, 0.717) is 6.54 Å². The molecule has 3 rings (SSSR count). The minimum Gasteiger partial charge on any atom is -0.398 e. The van der Waals surface area contributed by atoms with Crippen molar-refractivity contribution < 1.29 is 8.42 Å². The summed E-state index contributed by atoms with van der Waals surface area (Å²) < 4.78 is 27.9. The van der Waals surface area contributed by atoms with Gasteiger partial charge in [0.25, 0.3) is 0 Å². The van der Waals surface area contributed by atoms with Crippen molar-refractivity contribution in [1.82, 2.24) is 19.5 Å². The molecular weight excluding hydrogens is 292 g/mol. The van der Waals surface area contributed by atoms with Crippen molar-refractivity contribution in [3.63, 3.8) is 0 Å². The lowest BCUT2D eigenvalue weighted by Crippen LogP contribution is -2.33. The Kier molecular flexibility index (Phi) is 3.30. The fourth-order valence-corrected chi connectivity index (χ4v) is 3.21. The summed E-state index contributed by atoms with van der Waals surface area (Å²) in [5.41, 5.74) is 6.99. The average molecular weight is 308 g/mol. The van der Waals surface area contributed by atoms with E-state index in [4.69, 9.17) is 5.73 Å². The van der Waals surface area contributed by atoms with Crippen molar-refractivity contribution in [2.45, 2.75) is 18.0 Å². The first-order valence-electron chi connectivity index (χ1n) is 6.46. The molecule has 1 aliphatic heterocycles. The summed E-state index contributed by atoms with van der Waals surface area (Å²) in [6, 6.07) is 4.96. The molecule has 112 valence electrons. The second-order valence-electron chi connectivity index (χ2n) is 4.79. The Morgan fingerprint density at radius 2 is 2.14 bits per heavy atom. The zero-order chi connectivity index (χ0) is 15.0. The van der Waals surface area contributed by atoms with E-state index in [9.17, 15) is 8.42 Å². The molecule has 0 aliphatic carbocycles. The molecule has 2 heterocycles. The van der Waals surface area contributed by atoms with Gasteiger partial charge in [0.1, 0.15) is 11.2 Å². The van der Waals surface area contributed by atoms with Gasteiger partial charge in [-0.2, -0.15) is 0 Å². The lowest BCUT2D eigenvalue weighted by molar-refractivity contribution is 0.560. The minimum absolute atomic E-state index is 0.0916.